The summed E-state index contributed by atoms with van der Waals surface area (Å²) in [6, 6.07) is 16.9. The van der Waals surface area contributed by atoms with E-state index >= 15 is 0 Å². The van der Waals surface area contributed by atoms with Crippen molar-refractivity contribution in [1.82, 2.24) is 9.55 Å². The minimum absolute atomic E-state index is 0.0258. The molecule has 1 aromatic heterocycles. The van der Waals surface area contributed by atoms with Crippen molar-refractivity contribution in [2.45, 2.75) is 19.4 Å². The Balaban J connectivity index is 2.20. The van der Waals surface area contributed by atoms with Gasteiger partial charge in [0, 0.05) is 5.56 Å². The molecule has 0 N–H and O–H groups in total. The molecule has 1 aliphatic heterocycles. The van der Waals surface area contributed by atoms with E-state index in [0.29, 0.717) is 0 Å². The van der Waals surface area contributed by atoms with E-state index in [9.17, 15) is 0 Å². The smallest absolute Gasteiger partial charge is 0.142 e. The largest absolute Gasteiger partial charge is 0.314 e. The molecule has 0 aliphatic carbocycles. The van der Waals surface area contributed by atoms with Crippen molar-refractivity contribution in [3.8, 4) is 11.4 Å². The molecular weight excluding hydrogens is 220 g/mol. The Kier molecular flexibility index (Phi) is 1.66. The topological polar surface area (TPSA) is 17.8 Å². The second-order valence-corrected chi connectivity index (χ2v) is 5.36. The highest BCUT2D eigenvalue weighted by Gasteiger charge is 2.37. The third-order valence-corrected chi connectivity index (χ3v) is 3.95. The molecule has 18 heavy (non-hydrogen) atoms. The van der Waals surface area contributed by atoms with Crippen molar-refractivity contribution >= 4 is 11.0 Å². The van der Waals surface area contributed by atoms with Crippen LogP contribution in [0.25, 0.3) is 22.4 Å². The van der Waals surface area contributed by atoms with E-state index in [-0.39, 0.29) is 5.54 Å². The SMILES string of the molecule is CC1(C)c2ccccc2-c2nc3ccccc3n21. The summed E-state index contributed by atoms with van der Waals surface area (Å²) in [6.45, 7) is 4.52. The molecule has 88 valence electrons. The Morgan fingerprint density at radius 2 is 1.67 bits per heavy atom. The molecular formula is C16H14N2. The molecule has 0 bridgehead atoms. The first-order valence-electron chi connectivity index (χ1n) is 6.27. The van der Waals surface area contributed by atoms with Gasteiger partial charge in [0.05, 0.1) is 16.6 Å². The van der Waals surface area contributed by atoms with Crippen LogP contribution in [0.5, 0.6) is 0 Å². The summed E-state index contributed by atoms with van der Waals surface area (Å²) in [6.07, 6.45) is 0. The van der Waals surface area contributed by atoms with Gasteiger partial charge in [0.2, 0.25) is 0 Å². The van der Waals surface area contributed by atoms with E-state index in [1.807, 2.05) is 6.07 Å². The predicted octanol–water partition coefficient (Wildman–Crippen LogP) is 3.80. The normalized spacial score (nSPS) is 15.7. The summed E-state index contributed by atoms with van der Waals surface area (Å²) in [4.78, 5) is 4.79. The summed E-state index contributed by atoms with van der Waals surface area (Å²) >= 11 is 0. The molecule has 4 rings (SSSR count). The quantitative estimate of drug-likeness (QED) is 0.578. The number of hydrogen-bond donors (Lipinski definition) is 0. The lowest BCUT2D eigenvalue weighted by atomic mass is 9.93. The van der Waals surface area contributed by atoms with Gasteiger partial charge in [0.25, 0.3) is 0 Å². The summed E-state index contributed by atoms with van der Waals surface area (Å²) in [5.41, 5.74) is 4.89. The number of fused-ring (bicyclic) bond motifs is 5. The van der Waals surface area contributed by atoms with E-state index in [0.717, 1.165) is 11.3 Å². The number of para-hydroxylation sites is 2. The number of aromatic nitrogens is 2. The summed E-state index contributed by atoms with van der Waals surface area (Å²) in [5.74, 6) is 1.09. The lowest BCUT2D eigenvalue weighted by Crippen LogP contribution is -2.23. The molecule has 0 unspecified atom stereocenters. The average molecular weight is 234 g/mol. The maximum atomic E-state index is 4.79. The van der Waals surface area contributed by atoms with Gasteiger partial charge in [-0.15, -0.1) is 0 Å². The standard InChI is InChI=1S/C16H14N2/c1-16(2)12-8-4-3-7-11(12)15-17-13-9-5-6-10-14(13)18(15)16/h3-10H,1-2H3. The number of rotatable bonds is 0. The first-order chi connectivity index (χ1) is 8.69. The minimum atomic E-state index is -0.0258. The third kappa shape index (κ3) is 1.01. The third-order valence-electron chi connectivity index (χ3n) is 3.95. The van der Waals surface area contributed by atoms with Crippen molar-refractivity contribution < 1.29 is 0 Å². The van der Waals surface area contributed by atoms with Crippen molar-refractivity contribution in [3.05, 3.63) is 54.1 Å². The highest BCUT2D eigenvalue weighted by atomic mass is 15.2. The molecule has 0 saturated heterocycles. The number of benzene rings is 2. The minimum Gasteiger partial charge on any atom is -0.314 e. The monoisotopic (exact) mass is 234 g/mol. The number of imidazole rings is 1. The molecule has 2 aromatic carbocycles. The Bertz CT molecular complexity index is 766. The Morgan fingerprint density at radius 1 is 0.944 bits per heavy atom. The van der Waals surface area contributed by atoms with Crippen LogP contribution in [-0.4, -0.2) is 9.55 Å². The highest BCUT2D eigenvalue weighted by molar-refractivity contribution is 5.84. The lowest BCUT2D eigenvalue weighted by Gasteiger charge is -2.23. The van der Waals surface area contributed by atoms with Crippen LogP contribution in [0.3, 0.4) is 0 Å². The Labute approximate surface area is 106 Å². The molecule has 0 spiro atoms. The fraction of sp³-hybridized carbons (Fsp3) is 0.188. The van der Waals surface area contributed by atoms with E-state index in [1.165, 1.54) is 16.6 Å². The van der Waals surface area contributed by atoms with Gasteiger partial charge in [-0.3, -0.25) is 0 Å². The molecule has 0 amide bonds. The second kappa shape index (κ2) is 3.02. The van der Waals surface area contributed by atoms with Crippen LogP contribution in [0.2, 0.25) is 0 Å². The summed E-state index contributed by atoms with van der Waals surface area (Å²) < 4.78 is 2.35. The van der Waals surface area contributed by atoms with Crippen molar-refractivity contribution in [2.24, 2.45) is 0 Å². The Hall–Kier alpha value is -2.09. The van der Waals surface area contributed by atoms with Crippen molar-refractivity contribution in [3.63, 3.8) is 0 Å². The van der Waals surface area contributed by atoms with Gasteiger partial charge in [0.15, 0.2) is 0 Å². The number of hydrogen-bond acceptors (Lipinski definition) is 1. The van der Waals surface area contributed by atoms with Gasteiger partial charge in [0.1, 0.15) is 5.82 Å². The van der Waals surface area contributed by atoms with Crippen molar-refractivity contribution in [1.29, 1.82) is 0 Å². The van der Waals surface area contributed by atoms with E-state index < -0.39 is 0 Å². The van der Waals surface area contributed by atoms with E-state index in [4.69, 9.17) is 4.98 Å². The van der Waals surface area contributed by atoms with Crippen molar-refractivity contribution in [2.75, 3.05) is 0 Å². The summed E-state index contributed by atoms with van der Waals surface area (Å²) in [5, 5.41) is 0. The first-order valence-corrected chi connectivity index (χ1v) is 6.27. The van der Waals surface area contributed by atoms with Gasteiger partial charge in [-0.2, -0.15) is 0 Å². The van der Waals surface area contributed by atoms with Crippen LogP contribution in [0.1, 0.15) is 19.4 Å². The van der Waals surface area contributed by atoms with Crippen LogP contribution >= 0.6 is 0 Å². The molecule has 1 aliphatic rings. The van der Waals surface area contributed by atoms with E-state index in [1.54, 1.807) is 0 Å². The zero-order valence-electron chi connectivity index (χ0n) is 10.5. The maximum Gasteiger partial charge on any atom is 0.142 e. The van der Waals surface area contributed by atoms with Crippen LogP contribution < -0.4 is 0 Å². The van der Waals surface area contributed by atoms with Gasteiger partial charge >= 0.3 is 0 Å². The average Bonchev–Trinajstić information content (AvgIpc) is 2.86. The molecule has 0 atom stereocenters. The van der Waals surface area contributed by atoms with Gasteiger partial charge < -0.3 is 4.57 Å². The summed E-state index contributed by atoms with van der Waals surface area (Å²) in [7, 11) is 0. The van der Waals surface area contributed by atoms with Crippen LogP contribution in [0.4, 0.5) is 0 Å². The highest BCUT2D eigenvalue weighted by Crippen LogP contribution is 2.44. The zero-order chi connectivity index (χ0) is 12.3. The molecule has 0 radical (unpaired) electrons. The second-order valence-electron chi connectivity index (χ2n) is 5.36. The van der Waals surface area contributed by atoms with E-state index in [2.05, 4.69) is 60.9 Å². The van der Waals surface area contributed by atoms with Crippen LogP contribution in [0, 0.1) is 0 Å². The first kappa shape index (κ1) is 9.89. The molecule has 2 heteroatoms. The molecule has 3 aromatic rings. The van der Waals surface area contributed by atoms with Gasteiger partial charge in [-0.25, -0.2) is 4.98 Å². The zero-order valence-corrected chi connectivity index (χ0v) is 10.5. The lowest BCUT2D eigenvalue weighted by molar-refractivity contribution is 0.474. The Morgan fingerprint density at radius 3 is 2.56 bits per heavy atom. The molecule has 2 nitrogen and oxygen atoms in total. The number of nitrogens with zero attached hydrogens (tertiary/aromatic N) is 2. The van der Waals surface area contributed by atoms with Crippen LogP contribution in [-0.2, 0) is 5.54 Å². The molecule has 0 saturated carbocycles. The van der Waals surface area contributed by atoms with Crippen LogP contribution in [0.15, 0.2) is 48.5 Å². The molecule has 0 fully saturated rings. The molecule has 2 heterocycles. The fourth-order valence-corrected chi connectivity index (χ4v) is 3.10. The maximum absolute atomic E-state index is 4.79. The predicted molar refractivity (Wildman–Crippen MR) is 73.6 cm³/mol. The fourth-order valence-electron chi connectivity index (χ4n) is 3.10. The van der Waals surface area contributed by atoms with Gasteiger partial charge in [-0.1, -0.05) is 36.4 Å². The van der Waals surface area contributed by atoms with Gasteiger partial charge in [-0.05, 0) is 31.5 Å².